The molecule has 0 unspecified atom stereocenters. The van der Waals surface area contributed by atoms with Gasteiger partial charge in [0.05, 0.1) is 4.88 Å². The molecular weight excluding hydrogens is 238 g/mol. The van der Waals surface area contributed by atoms with Crippen LogP contribution in [0.3, 0.4) is 0 Å². The minimum absolute atomic E-state index is 0.620. The SMILES string of the molecule is Cc1ccc(NC(=S)c2nnsc2C)cc1. The van der Waals surface area contributed by atoms with Gasteiger partial charge >= 0.3 is 0 Å². The van der Waals surface area contributed by atoms with Crippen LogP contribution in [0.15, 0.2) is 24.3 Å². The number of hydrogen-bond donors (Lipinski definition) is 1. The monoisotopic (exact) mass is 249 g/mol. The molecule has 82 valence electrons. The quantitative estimate of drug-likeness (QED) is 0.830. The van der Waals surface area contributed by atoms with Gasteiger partial charge in [0.15, 0.2) is 0 Å². The molecule has 1 N–H and O–H groups in total. The van der Waals surface area contributed by atoms with Gasteiger partial charge in [-0.25, -0.2) is 0 Å². The summed E-state index contributed by atoms with van der Waals surface area (Å²) in [6.07, 6.45) is 0. The summed E-state index contributed by atoms with van der Waals surface area (Å²) in [5.41, 5.74) is 2.96. The van der Waals surface area contributed by atoms with E-state index in [0.29, 0.717) is 4.99 Å². The summed E-state index contributed by atoms with van der Waals surface area (Å²) in [4.78, 5) is 1.65. The van der Waals surface area contributed by atoms with Gasteiger partial charge in [0.25, 0.3) is 0 Å². The molecule has 0 atom stereocenters. The first kappa shape index (κ1) is 11.2. The zero-order valence-corrected chi connectivity index (χ0v) is 10.7. The normalized spacial score (nSPS) is 10.1. The van der Waals surface area contributed by atoms with Crippen LogP contribution in [-0.4, -0.2) is 14.6 Å². The minimum Gasteiger partial charge on any atom is -0.345 e. The Morgan fingerprint density at radius 2 is 1.94 bits per heavy atom. The number of aromatic nitrogens is 2. The molecule has 0 aliphatic rings. The molecule has 3 nitrogen and oxygen atoms in total. The Kier molecular flexibility index (Phi) is 3.26. The zero-order valence-electron chi connectivity index (χ0n) is 9.02. The van der Waals surface area contributed by atoms with E-state index in [1.54, 1.807) is 0 Å². The Labute approximate surface area is 104 Å². The van der Waals surface area contributed by atoms with Crippen molar-refractivity contribution >= 4 is 34.4 Å². The highest BCUT2D eigenvalue weighted by Crippen LogP contribution is 2.13. The first-order chi connectivity index (χ1) is 7.66. The van der Waals surface area contributed by atoms with E-state index >= 15 is 0 Å². The lowest BCUT2D eigenvalue weighted by Crippen LogP contribution is -2.12. The Morgan fingerprint density at radius 3 is 2.50 bits per heavy atom. The molecule has 0 bridgehead atoms. The average molecular weight is 249 g/mol. The van der Waals surface area contributed by atoms with E-state index in [1.165, 1.54) is 17.1 Å². The lowest BCUT2D eigenvalue weighted by atomic mass is 10.2. The molecule has 0 spiro atoms. The fourth-order valence-corrected chi connectivity index (χ4v) is 2.12. The van der Waals surface area contributed by atoms with Gasteiger partial charge in [-0.3, -0.25) is 0 Å². The maximum atomic E-state index is 5.27. The summed E-state index contributed by atoms with van der Waals surface area (Å²) in [5, 5.41) is 7.14. The standard InChI is InChI=1S/C11H11N3S2/c1-7-3-5-9(6-4-7)12-11(15)10-8(2)16-14-13-10/h3-6H,1-2H3,(H,12,15). The van der Waals surface area contributed by atoms with E-state index in [-0.39, 0.29) is 0 Å². The molecule has 0 amide bonds. The zero-order chi connectivity index (χ0) is 11.5. The highest BCUT2D eigenvalue weighted by molar-refractivity contribution is 7.81. The third-order valence-corrected chi connectivity index (χ3v) is 3.10. The molecule has 5 heteroatoms. The van der Waals surface area contributed by atoms with Gasteiger partial charge in [-0.15, -0.1) is 5.10 Å². The van der Waals surface area contributed by atoms with Crippen LogP contribution >= 0.6 is 23.8 Å². The van der Waals surface area contributed by atoms with E-state index in [1.807, 2.05) is 31.2 Å². The highest BCUT2D eigenvalue weighted by atomic mass is 32.1. The number of rotatable bonds is 2. The second-order valence-electron chi connectivity index (χ2n) is 3.50. The Hall–Kier alpha value is -1.33. The van der Waals surface area contributed by atoms with Crippen molar-refractivity contribution in [1.29, 1.82) is 0 Å². The van der Waals surface area contributed by atoms with E-state index < -0.39 is 0 Å². The van der Waals surface area contributed by atoms with Crippen LogP contribution in [0.2, 0.25) is 0 Å². The van der Waals surface area contributed by atoms with Gasteiger partial charge in [-0.2, -0.15) is 0 Å². The third kappa shape index (κ3) is 2.43. The maximum absolute atomic E-state index is 5.27. The van der Waals surface area contributed by atoms with Crippen LogP contribution < -0.4 is 5.32 Å². The van der Waals surface area contributed by atoms with Gasteiger partial charge in [-0.05, 0) is 37.5 Å². The smallest absolute Gasteiger partial charge is 0.136 e. The van der Waals surface area contributed by atoms with Gasteiger partial charge in [0.2, 0.25) is 0 Å². The van der Waals surface area contributed by atoms with Crippen molar-refractivity contribution in [3.63, 3.8) is 0 Å². The first-order valence-electron chi connectivity index (χ1n) is 4.84. The summed E-state index contributed by atoms with van der Waals surface area (Å²) in [7, 11) is 0. The van der Waals surface area contributed by atoms with Crippen LogP contribution in [0.25, 0.3) is 0 Å². The number of benzene rings is 1. The van der Waals surface area contributed by atoms with Gasteiger partial charge in [0, 0.05) is 5.69 Å². The lowest BCUT2D eigenvalue weighted by molar-refractivity contribution is 1.13. The van der Waals surface area contributed by atoms with Crippen molar-refractivity contribution in [3.05, 3.63) is 40.4 Å². The molecule has 1 aromatic carbocycles. The largest absolute Gasteiger partial charge is 0.345 e. The molecule has 0 radical (unpaired) electrons. The lowest BCUT2D eigenvalue weighted by Gasteiger charge is -2.06. The summed E-state index contributed by atoms with van der Waals surface area (Å²) >= 11 is 6.63. The number of anilines is 1. The summed E-state index contributed by atoms with van der Waals surface area (Å²) < 4.78 is 3.86. The van der Waals surface area contributed by atoms with Crippen molar-refractivity contribution < 1.29 is 0 Å². The fraction of sp³-hybridized carbons (Fsp3) is 0.182. The molecule has 1 aromatic heterocycles. The molecule has 0 aliphatic carbocycles. The van der Waals surface area contributed by atoms with Crippen LogP contribution in [0, 0.1) is 13.8 Å². The van der Waals surface area contributed by atoms with Crippen molar-refractivity contribution in [2.75, 3.05) is 5.32 Å². The molecule has 16 heavy (non-hydrogen) atoms. The van der Waals surface area contributed by atoms with Crippen molar-refractivity contribution in [3.8, 4) is 0 Å². The topological polar surface area (TPSA) is 37.8 Å². The average Bonchev–Trinajstić information content (AvgIpc) is 2.68. The molecular formula is C11H11N3S2. The maximum Gasteiger partial charge on any atom is 0.136 e. The molecule has 1 heterocycles. The van der Waals surface area contributed by atoms with E-state index in [9.17, 15) is 0 Å². The van der Waals surface area contributed by atoms with E-state index in [0.717, 1.165) is 16.3 Å². The number of aryl methyl sites for hydroxylation is 2. The molecule has 0 aliphatic heterocycles. The molecule has 0 saturated heterocycles. The first-order valence-corrected chi connectivity index (χ1v) is 6.02. The van der Waals surface area contributed by atoms with E-state index in [4.69, 9.17) is 12.2 Å². The van der Waals surface area contributed by atoms with Crippen LogP contribution in [0.1, 0.15) is 16.1 Å². The Morgan fingerprint density at radius 1 is 1.25 bits per heavy atom. The number of nitrogens with zero attached hydrogens (tertiary/aromatic N) is 2. The van der Waals surface area contributed by atoms with E-state index in [2.05, 4.69) is 21.8 Å². The molecule has 2 rings (SSSR count). The molecule has 0 saturated carbocycles. The van der Waals surface area contributed by atoms with Crippen molar-refractivity contribution in [1.82, 2.24) is 9.59 Å². The van der Waals surface area contributed by atoms with Crippen molar-refractivity contribution in [2.45, 2.75) is 13.8 Å². The molecule has 2 aromatic rings. The van der Waals surface area contributed by atoms with Gasteiger partial charge in [-0.1, -0.05) is 34.4 Å². The third-order valence-electron chi connectivity index (χ3n) is 2.18. The van der Waals surface area contributed by atoms with Crippen LogP contribution in [0.4, 0.5) is 5.69 Å². The van der Waals surface area contributed by atoms with Crippen molar-refractivity contribution in [2.24, 2.45) is 0 Å². The highest BCUT2D eigenvalue weighted by Gasteiger charge is 2.09. The van der Waals surface area contributed by atoms with Gasteiger partial charge < -0.3 is 5.32 Å². The minimum atomic E-state index is 0.620. The van der Waals surface area contributed by atoms with Crippen LogP contribution in [0.5, 0.6) is 0 Å². The predicted molar refractivity (Wildman–Crippen MR) is 71.1 cm³/mol. The Balaban J connectivity index is 2.14. The van der Waals surface area contributed by atoms with Crippen LogP contribution in [-0.2, 0) is 0 Å². The summed E-state index contributed by atoms with van der Waals surface area (Å²) in [6, 6.07) is 8.07. The summed E-state index contributed by atoms with van der Waals surface area (Å²) in [6.45, 7) is 4.01. The number of hydrogen-bond acceptors (Lipinski definition) is 4. The molecule has 0 fully saturated rings. The number of nitrogens with one attached hydrogen (secondary N) is 1. The second-order valence-corrected chi connectivity index (χ2v) is 4.86. The second kappa shape index (κ2) is 4.67. The Bertz CT molecular complexity index is 502. The summed E-state index contributed by atoms with van der Waals surface area (Å²) in [5.74, 6) is 0. The fourth-order valence-electron chi connectivity index (χ4n) is 1.27. The van der Waals surface area contributed by atoms with Gasteiger partial charge in [0.1, 0.15) is 10.7 Å². The predicted octanol–water partition coefficient (Wildman–Crippen LogP) is 2.94. The number of thiocarbonyl (C=S) groups is 1.